The molecule has 1 fully saturated rings. The van der Waals surface area contributed by atoms with E-state index in [4.69, 9.17) is 16.3 Å². The van der Waals surface area contributed by atoms with Gasteiger partial charge >= 0.3 is 0 Å². The number of nitrogens with zero attached hydrogens (tertiary/aromatic N) is 2. The molecule has 0 bridgehead atoms. The van der Waals surface area contributed by atoms with Gasteiger partial charge in [0.1, 0.15) is 18.0 Å². The highest BCUT2D eigenvalue weighted by molar-refractivity contribution is 9.10. The zero-order valence-corrected chi connectivity index (χ0v) is 15.5. The average Bonchev–Trinajstić information content (AvgIpc) is 3.12. The van der Waals surface area contributed by atoms with Gasteiger partial charge in [-0.1, -0.05) is 40.0 Å². The number of oxime groups is 1. The Kier molecular flexibility index (Phi) is 4.73. The number of carbonyl (C=O) groups excluding carboxylic acids is 1. The van der Waals surface area contributed by atoms with Gasteiger partial charge in [0.05, 0.1) is 11.2 Å². The van der Waals surface area contributed by atoms with Gasteiger partial charge in [0.2, 0.25) is 0 Å². The molecule has 0 unspecified atom stereocenters. The van der Waals surface area contributed by atoms with E-state index < -0.39 is 5.54 Å². The molecule has 1 spiro atoms. The molecule has 1 aromatic rings. The van der Waals surface area contributed by atoms with E-state index in [1.165, 1.54) is 12.1 Å². The second-order valence-electron chi connectivity index (χ2n) is 6.38. The average molecular weight is 411 g/mol. The summed E-state index contributed by atoms with van der Waals surface area (Å²) in [5.41, 5.74) is 13.2. The van der Waals surface area contributed by atoms with Crippen molar-refractivity contribution in [2.75, 3.05) is 7.05 Å². The lowest BCUT2D eigenvalue weighted by Crippen LogP contribution is -2.45. The molecule has 1 aliphatic carbocycles. The molecule has 0 atom stereocenters. The molecule has 0 radical (unpaired) electrons. The van der Waals surface area contributed by atoms with E-state index in [0.717, 1.165) is 25.7 Å². The largest absolute Gasteiger partial charge is 0.399 e. The third-order valence-corrected chi connectivity index (χ3v) is 5.75. The minimum absolute atomic E-state index is 0.0311. The SMILES string of the molecule is CN1C(=O)C(/C(N)=N/OCc2ccc(F)cc2Br)=C(N)C12CCCC2. The third kappa shape index (κ3) is 2.99. The minimum Gasteiger partial charge on any atom is -0.399 e. The van der Waals surface area contributed by atoms with Gasteiger partial charge in [-0.25, -0.2) is 4.39 Å². The smallest absolute Gasteiger partial charge is 0.260 e. The van der Waals surface area contributed by atoms with E-state index in [2.05, 4.69) is 21.1 Å². The summed E-state index contributed by atoms with van der Waals surface area (Å²) in [5, 5.41) is 3.85. The number of benzene rings is 1. The molecule has 1 amide bonds. The van der Waals surface area contributed by atoms with E-state index in [9.17, 15) is 9.18 Å². The van der Waals surface area contributed by atoms with Crippen molar-refractivity contribution in [3.63, 3.8) is 0 Å². The van der Waals surface area contributed by atoms with Crippen LogP contribution >= 0.6 is 15.9 Å². The van der Waals surface area contributed by atoms with Crippen LogP contribution in [0.3, 0.4) is 0 Å². The van der Waals surface area contributed by atoms with Gasteiger partial charge in [0, 0.05) is 17.1 Å². The molecule has 0 aromatic heterocycles. The fourth-order valence-corrected chi connectivity index (χ4v) is 4.02. The van der Waals surface area contributed by atoms with Crippen molar-refractivity contribution in [3.8, 4) is 0 Å². The van der Waals surface area contributed by atoms with Crippen molar-refractivity contribution in [2.24, 2.45) is 16.6 Å². The minimum atomic E-state index is -0.438. The lowest BCUT2D eigenvalue weighted by atomic mass is 9.93. The van der Waals surface area contributed by atoms with Crippen molar-refractivity contribution in [1.82, 2.24) is 4.90 Å². The Morgan fingerprint density at radius 2 is 2.12 bits per heavy atom. The molecule has 3 rings (SSSR count). The number of hydrogen-bond donors (Lipinski definition) is 2. The van der Waals surface area contributed by atoms with E-state index in [1.54, 1.807) is 18.0 Å². The quantitative estimate of drug-likeness (QED) is 0.452. The monoisotopic (exact) mass is 410 g/mol. The molecule has 8 heteroatoms. The third-order valence-electron chi connectivity index (χ3n) is 5.02. The van der Waals surface area contributed by atoms with Gasteiger partial charge in [-0.2, -0.15) is 0 Å². The summed E-state index contributed by atoms with van der Waals surface area (Å²) >= 11 is 3.26. The van der Waals surface area contributed by atoms with Crippen LogP contribution in [0.5, 0.6) is 0 Å². The Hall–Kier alpha value is -2.09. The molecule has 6 nitrogen and oxygen atoms in total. The van der Waals surface area contributed by atoms with Crippen LogP contribution in [-0.2, 0) is 16.2 Å². The van der Waals surface area contributed by atoms with Crippen molar-refractivity contribution >= 4 is 27.7 Å². The Balaban J connectivity index is 1.77. The van der Waals surface area contributed by atoms with Crippen LogP contribution in [0, 0.1) is 5.82 Å². The molecular formula is C17H20BrFN4O2. The van der Waals surface area contributed by atoms with Crippen LogP contribution in [0.15, 0.2) is 39.1 Å². The first-order valence-electron chi connectivity index (χ1n) is 8.05. The van der Waals surface area contributed by atoms with E-state index in [-0.39, 0.29) is 29.7 Å². The topological polar surface area (TPSA) is 93.9 Å². The van der Waals surface area contributed by atoms with Gasteiger partial charge in [-0.05, 0) is 25.0 Å². The second kappa shape index (κ2) is 6.67. The number of carbonyl (C=O) groups is 1. The molecule has 4 N–H and O–H groups in total. The second-order valence-corrected chi connectivity index (χ2v) is 7.23. The summed E-state index contributed by atoms with van der Waals surface area (Å²) < 4.78 is 13.7. The van der Waals surface area contributed by atoms with Crippen LogP contribution < -0.4 is 11.5 Å². The maximum atomic E-state index is 13.1. The molecule has 1 heterocycles. The van der Waals surface area contributed by atoms with Gasteiger partial charge in [-0.15, -0.1) is 0 Å². The number of halogens is 2. The van der Waals surface area contributed by atoms with Gasteiger partial charge in [0.25, 0.3) is 5.91 Å². The fraction of sp³-hybridized carbons (Fsp3) is 0.412. The number of likely N-dealkylation sites (N-methyl/N-ethyl adjacent to an activating group) is 1. The highest BCUT2D eigenvalue weighted by atomic mass is 79.9. The van der Waals surface area contributed by atoms with Crippen molar-refractivity contribution in [2.45, 2.75) is 37.8 Å². The number of amidine groups is 1. The predicted octanol–water partition coefficient (Wildman–Crippen LogP) is 2.37. The highest BCUT2D eigenvalue weighted by Crippen LogP contribution is 2.44. The maximum absolute atomic E-state index is 13.1. The Morgan fingerprint density at radius 3 is 2.76 bits per heavy atom. The lowest BCUT2D eigenvalue weighted by Gasteiger charge is -2.33. The van der Waals surface area contributed by atoms with Gasteiger partial charge < -0.3 is 21.2 Å². The Labute approximate surface area is 153 Å². The fourth-order valence-electron chi connectivity index (χ4n) is 3.56. The zero-order valence-electron chi connectivity index (χ0n) is 13.9. The zero-order chi connectivity index (χ0) is 18.2. The van der Waals surface area contributed by atoms with Crippen molar-refractivity contribution in [3.05, 3.63) is 45.3 Å². The standard InChI is InChI=1S/C17H20BrFN4O2/c1-23-16(24)13(14(20)17(23)6-2-3-7-17)15(21)22-25-9-10-4-5-11(19)8-12(10)18/h4-5,8H,2-3,6-7,9,20H2,1H3,(H2,21,22). The van der Waals surface area contributed by atoms with Crippen molar-refractivity contribution in [1.29, 1.82) is 0 Å². The lowest BCUT2D eigenvalue weighted by molar-refractivity contribution is -0.127. The molecule has 1 saturated carbocycles. The Bertz CT molecular complexity index is 772. The van der Waals surface area contributed by atoms with Gasteiger partial charge in [-0.3, -0.25) is 4.79 Å². The summed E-state index contributed by atoms with van der Waals surface area (Å²) in [4.78, 5) is 19.5. The normalized spacial score (nSPS) is 20.0. The molecule has 0 saturated heterocycles. The maximum Gasteiger partial charge on any atom is 0.260 e. The summed E-state index contributed by atoms with van der Waals surface area (Å²) in [6, 6.07) is 4.25. The van der Waals surface area contributed by atoms with Crippen LogP contribution in [0.1, 0.15) is 31.2 Å². The molecule has 2 aliphatic rings. The first kappa shape index (κ1) is 17.7. The van der Waals surface area contributed by atoms with Gasteiger partial charge in [0.15, 0.2) is 5.84 Å². The summed E-state index contributed by atoms with van der Waals surface area (Å²) in [7, 11) is 1.75. The number of amides is 1. The van der Waals surface area contributed by atoms with Crippen LogP contribution in [0.2, 0.25) is 0 Å². The van der Waals surface area contributed by atoms with Crippen LogP contribution in [-0.4, -0.2) is 29.2 Å². The number of hydrogen-bond acceptors (Lipinski definition) is 4. The number of rotatable bonds is 4. The first-order valence-corrected chi connectivity index (χ1v) is 8.84. The molecule has 1 aliphatic heterocycles. The summed E-state index contributed by atoms with van der Waals surface area (Å²) in [6.45, 7) is 0.0872. The van der Waals surface area contributed by atoms with Crippen LogP contribution in [0.25, 0.3) is 0 Å². The van der Waals surface area contributed by atoms with Crippen LogP contribution in [0.4, 0.5) is 4.39 Å². The molecule has 1 aromatic carbocycles. The van der Waals surface area contributed by atoms with E-state index in [1.807, 2.05) is 0 Å². The number of nitrogens with two attached hydrogens (primary N) is 2. The van der Waals surface area contributed by atoms with Crippen molar-refractivity contribution < 1.29 is 14.0 Å². The first-order chi connectivity index (χ1) is 11.9. The summed E-state index contributed by atoms with van der Waals surface area (Å²) in [6.07, 6.45) is 3.72. The predicted molar refractivity (Wildman–Crippen MR) is 95.7 cm³/mol. The van der Waals surface area contributed by atoms with E-state index >= 15 is 0 Å². The summed E-state index contributed by atoms with van der Waals surface area (Å²) in [5.74, 6) is -0.610. The molecule has 25 heavy (non-hydrogen) atoms. The van der Waals surface area contributed by atoms with E-state index in [0.29, 0.717) is 15.7 Å². The highest BCUT2D eigenvalue weighted by Gasteiger charge is 2.51. The Morgan fingerprint density at radius 1 is 1.44 bits per heavy atom. The molecule has 134 valence electrons. The molecular weight excluding hydrogens is 391 g/mol.